The molecular weight excluding hydrogens is 288 g/mol. The van der Waals surface area contributed by atoms with Gasteiger partial charge in [0.1, 0.15) is 6.54 Å². The summed E-state index contributed by atoms with van der Waals surface area (Å²) >= 11 is 0. The number of alkyl halides is 3. The molecule has 7 heteroatoms. The van der Waals surface area contributed by atoms with Gasteiger partial charge >= 0.3 is 6.18 Å². The Labute approximate surface area is 121 Å². The number of anilines is 2. The van der Waals surface area contributed by atoms with E-state index >= 15 is 0 Å². The molecular formula is C14H20F4N2O. The molecule has 3 nitrogen and oxygen atoms in total. The highest BCUT2D eigenvalue weighted by Crippen LogP contribution is 2.33. The first kappa shape index (κ1) is 17.4. The summed E-state index contributed by atoms with van der Waals surface area (Å²) < 4.78 is 56.9. The van der Waals surface area contributed by atoms with Crippen molar-refractivity contribution in [1.29, 1.82) is 0 Å². The fourth-order valence-electron chi connectivity index (χ4n) is 1.95. The van der Waals surface area contributed by atoms with Gasteiger partial charge in [0.2, 0.25) is 0 Å². The Morgan fingerprint density at radius 3 is 2.38 bits per heavy atom. The van der Waals surface area contributed by atoms with Crippen LogP contribution in [0.25, 0.3) is 0 Å². The van der Waals surface area contributed by atoms with Gasteiger partial charge in [-0.05, 0) is 20.3 Å². The van der Waals surface area contributed by atoms with Crippen LogP contribution in [0.5, 0.6) is 5.75 Å². The predicted octanol–water partition coefficient (Wildman–Crippen LogP) is 3.97. The van der Waals surface area contributed by atoms with Crippen LogP contribution in [-0.4, -0.2) is 25.4 Å². The normalized spacial score (nSPS) is 11.8. The van der Waals surface area contributed by atoms with Crippen molar-refractivity contribution in [1.82, 2.24) is 0 Å². The number of rotatable bonds is 6. The van der Waals surface area contributed by atoms with Crippen molar-refractivity contribution in [2.75, 3.05) is 23.7 Å². The summed E-state index contributed by atoms with van der Waals surface area (Å²) in [6, 6.07) is 2.22. The quantitative estimate of drug-likeness (QED) is 0.638. The zero-order chi connectivity index (χ0) is 16.2. The van der Waals surface area contributed by atoms with Gasteiger partial charge in [-0.25, -0.2) is 4.39 Å². The largest absolute Gasteiger partial charge is 0.488 e. The maximum Gasteiger partial charge on any atom is 0.405 e. The second-order valence-corrected chi connectivity index (χ2v) is 5.04. The average molecular weight is 308 g/mol. The Morgan fingerprint density at radius 1 is 1.29 bits per heavy atom. The van der Waals surface area contributed by atoms with Gasteiger partial charge in [-0.2, -0.15) is 13.2 Å². The molecule has 0 saturated heterocycles. The lowest BCUT2D eigenvalue weighted by atomic mass is 10.2. The molecule has 0 aliphatic heterocycles. The number of halogens is 4. The van der Waals surface area contributed by atoms with Crippen LogP contribution in [-0.2, 0) is 0 Å². The SMILES string of the molecule is CCCN(CC(F)(F)F)c1cc(OC(C)C)c(F)cc1N. The number of ether oxygens (including phenoxy) is 1. The van der Waals surface area contributed by atoms with Gasteiger partial charge in [-0.1, -0.05) is 6.92 Å². The van der Waals surface area contributed by atoms with Gasteiger partial charge in [0.25, 0.3) is 0 Å². The summed E-state index contributed by atoms with van der Waals surface area (Å²) in [5.41, 5.74) is 5.76. The highest BCUT2D eigenvalue weighted by Gasteiger charge is 2.31. The van der Waals surface area contributed by atoms with Crippen LogP contribution in [0.4, 0.5) is 28.9 Å². The van der Waals surface area contributed by atoms with Crippen molar-refractivity contribution in [2.45, 2.75) is 39.5 Å². The van der Waals surface area contributed by atoms with E-state index in [4.69, 9.17) is 10.5 Å². The Bertz CT molecular complexity index is 475. The minimum atomic E-state index is -4.37. The standard InChI is InChI=1S/C14H20F4N2O/c1-4-5-20(8-14(16,17)18)12-7-13(21-9(2)3)10(15)6-11(12)19/h6-7,9H,4-5,8,19H2,1-3H3. The molecule has 0 aliphatic carbocycles. The van der Waals surface area contributed by atoms with E-state index in [2.05, 4.69) is 0 Å². The van der Waals surface area contributed by atoms with Crippen molar-refractivity contribution >= 4 is 11.4 Å². The van der Waals surface area contributed by atoms with Gasteiger partial charge in [0.05, 0.1) is 17.5 Å². The number of nitrogen functional groups attached to an aromatic ring is 1. The third-order valence-corrected chi connectivity index (χ3v) is 2.65. The lowest BCUT2D eigenvalue weighted by Crippen LogP contribution is -2.35. The molecule has 0 unspecified atom stereocenters. The number of nitrogens with two attached hydrogens (primary N) is 1. The van der Waals surface area contributed by atoms with Crippen LogP contribution in [0, 0.1) is 5.82 Å². The molecule has 1 rings (SSSR count). The van der Waals surface area contributed by atoms with Crippen LogP contribution in [0.15, 0.2) is 12.1 Å². The lowest BCUT2D eigenvalue weighted by Gasteiger charge is -2.27. The summed E-state index contributed by atoms with van der Waals surface area (Å²) in [6.45, 7) is 4.19. The van der Waals surface area contributed by atoms with E-state index in [0.717, 1.165) is 11.0 Å². The molecule has 0 spiro atoms. The molecule has 0 aliphatic rings. The van der Waals surface area contributed by atoms with Gasteiger partial charge in [0.15, 0.2) is 11.6 Å². The van der Waals surface area contributed by atoms with Gasteiger partial charge in [-0.15, -0.1) is 0 Å². The second kappa shape index (κ2) is 6.87. The first-order chi connectivity index (χ1) is 9.64. The molecule has 0 heterocycles. The maximum absolute atomic E-state index is 13.7. The molecule has 0 atom stereocenters. The van der Waals surface area contributed by atoms with Crippen molar-refractivity contribution in [2.24, 2.45) is 0 Å². The molecule has 0 bridgehead atoms. The van der Waals surface area contributed by atoms with Crippen molar-refractivity contribution in [3.63, 3.8) is 0 Å². The third kappa shape index (κ3) is 5.32. The third-order valence-electron chi connectivity index (χ3n) is 2.65. The molecule has 120 valence electrons. The number of benzene rings is 1. The average Bonchev–Trinajstić information content (AvgIpc) is 2.30. The first-order valence-electron chi connectivity index (χ1n) is 6.71. The van der Waals surface area contributed by atoms with E-state index in [9.17, 15) is 17.6 Å². The molecule has 2 N–H and O–H groups in total. The summed E-state index contributed by atoms with van der Waals surface area (Å²) in [5, 5.41) is 0. The van der Waals surface area contributed by atoms with Crippen LogP contribution < -0.4 is 15.4 Å². The minimum absolute atomic E-state index is 0.0405. The maximum atomic E-state index is 13.7. The van der Waals surface area contributed by atoms with Crippen molar-refractivity contribution in [3.05, 3.63) is 17.9 Å². The van der Waals surface area contributed by atoms with E-state index in [1.165, 1.54) is 6.07 Å². The molecule has 1 aromatic rings. The summed E-state index contributed by atoms with van der Waals surface area (Å²) in [7, 11) is 0. The van der Waals surface area contributed by atoms with Crippen molar-refractivity contribution in [3.8, 4) is 5.75 Å². The number of nitrogens with zero attached hydrogens (tertiary/aromatic N) is 1. The van der Waals surface area contributed by atoms with E-state index in [-0.39, 0.29) is 29.8 Å². The predicted molar refractivity (Wildman–Crippen MR) is 75.1 cm³/mol. The Kier molecular flexibility index (Phi) is 5.69. The zero-order valence-corrected chi connectivity index (χ0v) is 12.3. The van der Waals surface area contributed by atoms with Gasteiger partial charge in [-0.3, -0.25) is 0 Å². The highest BCUT2D eigenvalue weighted by molar-refractivity contribution is 5.70. The minimum Gasteiger partial charge on any atom is -0.488 e. The van der Waals surface area contributed by atoms with Gasteiger partial charge in [0, 0.05) is 18.7 Å². The molecule has 0 amide bonds. The topological polar surface area (TPSA) is 38.5 Å². The molecule has 0 radical (unpaired) electrons. The number of hydrogen-bond acceptors (Lipinski definition) is 3. The first-order valence-corrected chi connectivity index (χ1v) is 6.71. The smallest absolute Gasteiger partial charge is 0.405 e. The summed E-state index contributed by atoms with van der Waals surface area (Å²) in [4.78, 5) is 1.09. The molecule has 21 heavy (non-hydrogen) atoms. The monoisotopic (exact) mass is 308 g/mol. The molecule has 1 aromatic carbocycles. The van der Waals surface area contributed by atoms with Crippen LogP contribution >= 0.6 is 0 Å². The van der Waals surface area contributed by atoms with E-state index in [1.807, 2.05) is 0 Å². The molecule has 0 fully saturated rings. The van der Waals surface area contributed by atoms with E-state index in [0.29, 0.717) is 6.42 Å². The fourth-order valence-corrected chi connectivity index (χ4v) is 1.95. The van der Waals surface area contributed by atoms with Crippen LogP contribution in [0.2, 0.25) is 0 Å². The zero-order valence-electron chi connectivity index (χ0n) is 12.3. The Morgan fingerprint density at radius 2 is 1.90 bits per heavy atom. The molecule has 0 saturated carbocycles. The fraction of sp³-hybridized carbons (Fsp3) is 0.571. The molecule has 0 aromatic heterocycles. The summed E-state index contributed by atoms with van der Waals surface area (Å²) in [6.07, 6.45) is -4.15. The van der Waals surface area contributed by atoms with Gasteiger partial charge < -0.3 is 15.4 Å². The second-order valence-electron chi connectivity index (χ2n) is 5.04. The highest BCUT2D eigenvalue weighted by atomic mass is 19.4. The number of hydrogen-bond donors (Lipinski definition) is 1. The van der Waals surface area contributed by atoms with Crippen LogP contribution in [0.1, 0.15) is 27.2 Å². The Hall–Kier alpha value is -1.66. The summed E-state index contributed by atoms with van der Waals surface area (Å²) in [5.74, 6) is -0.786. The van der Waals surface area contributed by atoms with E-state index < -0.39 is 18.5 Å². The van der Waals surface area contributed by atoms with E-state index in [1.54, 1.807) is 20.8 Å². The lowest BCUT2D eigenvalue weighted by molar-refractivity contribution is -0.119. The Balaban J connectivity index is 3.17. The van der Waals surface area contributed by atoms with Crippen molar-refractivity contribution < 1.29 is 22.3 Å². The van der Waals surface area contributed by atoms with Crippen LogP contribution in [0.3, 0.4) is 0 Å².